The van der Waals surface area contributed by atoms with Crippen molar-refractivity contribution >= 4 is 21.6 Å². The number of ether oxygens (including phenoxy) is 2. The minimum absolute atomic E-state index is 0.581. The number of aromatic nitrogens is 1. The fraction of sp³-hybridized carbons (Fsp3) is 0.190. The molecule has 0 fully saturated rings. The van der Waals surface area contributed by atoms with Crippen LogP contribution in [0.4, 0.5) is 0 Å². The van der Waals surface area contributed by atoms with E-state index >= 15 is 0 Å². The van der Waals surface area contributed by atoms with Gasteiger partial charge in [0.2, 0.25) is 0 Å². The van der Waals surface area contributed by atoms with Crippen LogP contribution in [0.3, 0.4) is 0 Å². The van der Waals surface area contributed by atoms with Crippen LogP contribution >= 0.6 is 11.3 Å². The molecule has 2 aromatic heterocycles. The molecule has 0 amide bonds. The van der Waals surface area contributed by atoms with Crippen molar-refractivity contribution in [3.63, 3.8) is 0 Å². The molecule has 0 aliphatic rings. The third-order valence-corrected chi connectivity index (χ3v) is 5.01. The molecule has 0 radical (unpaired) electrons. The molecule has 4 rings (SSSR count). The van der Waals surface area contributed by atoms with Crippen LogP contribution < -0.4 is 14.8 Å². The monoisotopic (exact) mass is 380 g/mol. The summed E-state index contributed by atoms with van der Waals surface area (Å²) in [6.45, 7) is 2.10. The molecule has 5 nitrogen and oxygen atoms in total. The van der Waals surface area contributed by atoms with E-state index in [0.717, 1.165) is 46.1 Å². The minimum atomic E-state index is 0.581. The molecule has 27 heavy (non-hydrogen) atoms. The Kier molecular flexibility index (Phi) is 5.37. The summed E-state index contributed by atoms with van der Waals surface area (Å²) in [5.74, 6) is 2.47. The molecule has 6 heteroatoms. The smallest absolute Gasteiger partial charge is 0.175 e. The van der Waals surface area contributed by atoms with E-state index in [1.807, 2.05) is 53.9 Å². The van der Waals surface area contributed by atoms with Crippen molar-refractivity contribution in [2.75, 3.05) is 20.3 Å². The van der Waals surface area contributed by atoms with Crippen molar-refractivity contribution in [2.45, 2.75) is 6.54 Å². The minimum Gasteiger partial charge on any atom is -0.497 e. The molecule has 138 valence electrons. The first-order valence-corrected chi connectivity index (χ1v) is 9.61. The lowest BCUT2D eigenvalue weighted by atomic mass is 10.1. The van der Waals surface area contributed by atoms with Crippen LogP contribution in [0.2, 0.25) is 0 Å². The topological polar surface area (TPSA) is 56.5 Å². The Hall–Kier alpha value is -2.83. The lowest BCUT2D eigenvalue weighted by Gasteiger charge is -2.09. The van der Waals surface area contributed by atoms with Crippen LogP contribution in [-0.4, -0.2) is 25.4 Å². The number of thiophene rings is 1. The highest BCUT2D eigenvalue weighted by atomic mass is 32.1. The van der Waals surface area contributed by atoms with E-state index in [9.17, 15) is 0 Å². The maximum Gasteiger partial charge on any atom is 0.175 e. The second-order valence-corrected chi connectivity index (χ2v) is 6.95. The molecular formula is C21H20N2O3S. The van der Waals surface area contributed by atoms with Gasteiger partial charge in [-0.05, 0) is 41.3 Å². The summed E-state index contributed by atoms with van der Waals surface area (Å²) in [5, 5.41) is 10.5. The van der Waals surface area contributed by atoms with Gasteiger partial charge < -0.3 is 19.3 Å². The number of fused-ring (bicyclic) bond motifs is 1. The van der Waals surface area contributed by atoms with E-state index in [-0.39, 0.29) is 0 Å². The molecule has 0 bridgehead atoms. The van der Waals surface area contributed by atoms with E-state index < -0.39 is 0 Å². The SMILES string of the molecule is COc1cccc(CNCCOc2cccc(-c3onc4sccc34)c2)c1. The van der Waals surface area contributed by atoms with Gasteiger partial charge in [0.05, 0.1) is 12.5 Å². The van der Waals surface area contributed by atoms with Crippen molar-refractivity contribution < 1.29 is 14.0 Å². The van der Waals surface area contributed by atoms with E-state index in [2.05, 4.69) is 16.5 Å². The third-order valence-electron chi connectivity index (χ3n) is 4.22. The highest BCUT2D eigenvalue weighted by Crippen LogP contribution is 2.33. The molecule has 1 N–H and O–H groups in total. The summed E-state index contributed by atoms with van der Waals surface area (Å²) >= 11 is 1.57. The Bertz CT molecular complexity index is 1020. The van der Waals surface area contributed by atoms with Gasteiger partial charge >= 0.3 is 0 Å². The summed E-state index contributed by atoms with van der Waals surface area (Å²) in [5.41, 5.74) is 2.15. The Morgan fingerprint density at radius 1 is 1.07 bits per heavy atom. The van der Waals surface area contributed by atoms with Crippen molar-refractivity contribution in [1.82, 2.24) is 10.5 Å². The van der Waals surface area contributed by atoms with Gasteiger partial charge in [0.25, 0.3) is 0 Å². The van der Waals surface area contributed by atoms with Gasteiger partial charge in [-0.3, -0.25) is 0 Å². The molecule has 0 unspecified atom stereocenters. The van der Waals surface area contributed by atoms with Crippen LogP contribution in [-0.2, 0) is 6.54 Å². The fourth-order valence-electron chi connectivity index (χ4n) is 2.87. The normalized spacial score (nSPS) is 11.0. The maximum atomic E-state index is 5.87. The van der Waals surface area contributed by atoms with Crippen LogP contribution in [0.1, 0.15) is 5.56 Å². The number of benzene rings is 2. The fourth-order valence-corrected chi connectivity index (χ4v) is 3.57. The van der Waals surface area contributed by atoms with Gasteiger partial charge in [0, 0.05) is 18.7 Å². The zero-order chi connectivity index (χ0) is 18.5. The molecule has 0 saturated carbocycles. The predicted octanol–water partition coefficient (Wildman–Crippen LogP) is 4.73. The Balaban J connectivity index is 1.31. The number of nitrogens with zero attached hydrogens (tertiary/aromatic N) is 1. The highest BCUT2D eigenvalue weighted by molar-refractivity contribution is 7.16. The summed E-state index contributed by atoms with van der Waals surface area (Å²) in [4.78, 5) is 0.915. The molecule has 0 spiro atoms. The molecule has 2 aromatic carbocycles. The molecular weight excluding hydrogens is 360 g/mol. The predicted molar refractivity (Wildman–Crippen MR) is 108 cm³/mol. The van der Waals surface area contributed by atoms with Gasteiger partial charge in [0.1, 0.15) is 18.1 Å². The first-order chi connectivity index (χ1) is 13.3. The van der Waals surface area contributed by atoms with Crippen molar-refractivity contribution in [1.29, 1.82) is 0 Å². The molecule has 0 saturated heterocycles. The molecule has 0 aliphatic carbocycles. The van der Waals surface area contributed by atoms with Gasteiger partial charge in [0.15, 0.2) is 10.6 Å². The van der Waals surface area contributed by atoms with Gasteiger partial charge in [-0.1, -0.05) is 29.4 Å². The number of nitrogens with one attached hydrogen (secondary N) is 1. The van der Waals surface area contributed by atoms with Gasteiger partial charge in [-0.15, -0.1) is 11.3 Å². The Morgan fingerprint density at radius 2 is 1.96 bits per heavy atom. The molecule has 0 atom stereocenters. The lowest BCUT2D eigenvalue weighted by Crippen LogP contribution is -2.20. The quantitative estimate of drug-likeness (QED) is 0.448. The summed E-state index contributed by atoms with van der Waals surface area (Å²) in [6, 6.07) is 18.0. The van der Waals surface area contributed by atoms with Gasteiger partial charge in [-0.25, -0.2) is 0 Å². The van der Waals surface area contributed by atoms with E-state index in [4.69, 9.17) is 14.0 Å². The average molecular weight is 380 g/mol. The number of rotatable bonds is 8. The van der Waals surface area contributed by atoms with Crippen molar-refractivity contribution in [2.24, 2.45) is 0 Å². The second-order valence-electron chi connectivity index (χ2n) is 6.06. The van der Waals surface area contributed by atoms with Crippen molar-refractivity contribution in [3.8, 4) is 22.8 Å². The number of methoxy groups -OCH3 is 1. The zero-order valence-electron chi connectivity index (χ0n) is 15.0. The number of hydrogen-bond acceptors (Lipinski definition) is 6. The van der Waals surface area contributed by atoms with Crippen LogP contribution in [0.25, 0.3) is 21.5 Å². The van der Waals surface area contributed by atoms with Crippen molar-refractivity contribution in [3.05, 3.63) is 65.5 Å². The first-order valence-electron chi connectivity index (χ1n) is 8.73. The third kappa shape index (κ3) is 4.13. The first kappa shape index (κ1) is 17.6. The lowest BCUT2D eigenvalue weighted by molar-refractivity contribution is 0.313. The van der Waals surface area contributed by atoms with Crippen LogP contribution in [0.15, 0.2) is 64.5 Å². The highest BCUT2D eigenvalue weighted by Gasteiger charge is 2.12. The number of hydrogen-bond donors (Lipinski definition) is 1. The summed E-state index contributed by atoms with van der Waals surface area (Å²) in [7, 11) is 1.68. The van der Waals surface area contributed by atoms with Crippen LogP contribution in [0, 0.1) is 0 Å². The molecule has 0 aliphatic heterocycles. The van der Waals surface area contributed by atoms with Crippen LogP contribution in [0.5, 0.6) is 11.5 Å². The average Bonchev–Trinajstić information content (AvgIpc) is 3.32. The second kappa shape index (κ2) is 8.24. The maximum absolute atomic E-state index is 5.87. The van der Waals surface area contributed by atoms with E-state index in [0.29, 0.717) is 6.61 Å². The zero-order valence-corrected chi connectivity index (χ0v) is 15.8. The summed E-state index contributed by atoms with van der Waals surface area (Å²) < 4.78 is 16.6. The van der Waals surface area contributed by atoms with E-state index in [1.54, 1.807) is 18.4 Å². The standard InChI is InChI=1S/C21H20N2O3S/c1-24-17-6-2-4-15(12-17)14-22-9-10-25-18-7-3-5-16(13-18)20-19-8-11-27-21(19)23-26-20/h2-8,11-13,22H,9-10,14H2,1H3. The molecule has 2 heterocycles. The van der Waals surface area contributed by atoms with Gasteiger partial charge in [-0.2, -0.15) is 0 Å². The Morgan fingerprint density at radius 3 is 2.89 bits per heavy atom. The van der Waals surface area contributed by atoms with E-state index in [1.165, 1.54) is 5.56 Å². The largest absolute Gasteiger partial charge is 0.497 e. The Labute approximate surface area is 161 Å². The molecule has 4 aromatic rings. The summed E-state index contributed by atoms with van der Waals surface area (Å²) in [6.07, 6.45) is 0.